The normalized spacial score (nSPS) is 13.6. The van der Waals surface area contributed by atoms with Crippen LogP contribution in [0.1, 0.15) is 39.8 Å². The summed E-state index contributed by atoms with van der Waals surface area (Å²) in [4.78, 5) is 18.7. The topological polar surface area (TPSA) is 71.8 Å². The van der Waals surface area contributed by atoms with E-state index < -0.39 is 0 Å². The highest BCUT2D eigenvalue weighted by atomic mass is 32.2. The van der Waals surface area contributed by atoms with Crippen LogP contribution >= 0.6 is 11.8 Å². The molecule has 0 aliphatic heterocycles. The number of thioether (sulfide) groups is 1. The molecule has 0 aromatic carbocycles. The molecule has 18 heavy (non-hydrogen) atoms. The highest BCUT2D eigenvalue weighted by Gasteiger charge is 2.20. The molecule has 1 aromatic rings. The van der Waals surface area contributed by atoms with Crippen LogP contribution in [0, 0.1) is 5.41 Å². The fraction of sp³-hybridized carbons (Fsp3) is 0.692. The predicted octanol–water partition coefficient (Wildman–Crippen LogP) is 2.19. The highest BCUT2D eigenvalue weighted by Crippen LogP contribution is 2.23. The smallest absolute Gasteiger partial charge is 0.251 e. The quantitative estimate of drug-likeness (QED) is 0.635. The number of aryl methyl sites for hydroxylation is 1. The minimum Gasteiger partial charge on any atom is -0.326 e. The second-order valence-electron chi connectivity index (χ2n) is 5.58. The van der Waals surface area contributed by atoms with E-state index in [0.29, 0.717) is 5.16 Å². The van der Waals surface area contributed by atoms with Crippen molar-refractivity contribution in [1.82, 2.24) is 9.97 Å². The van der Waals surface area contributed by atoms with E-state index in [9.17, 15) is 4.79 Å². The Morgan fingerprint density at radius 1 is 1.50 bits per heavy atom. The summed E-state index contributed by atoms with van der Waals surface area (Å²) in [5.41, 5.74) is 6.93. The van der Waals surface area contributed by atoms with Gasteiger partial charge in [0.15, 0.2) is 5.16 Å². The van der Waals surface area contributed by atoms with Crippen LogP contribution in [0.3, 0.4) is 0 Å². The molecule has 0 saturated carbocycles. The Hall–Kier alpha value is -0.810. The summed E-state index contributed by atoms with van der Waals surface area (Å²) < 4.78 is 0. The molecule has 0 aliphatic carbocycles. The maximum absolute atomic E-state index is 11.5. The van der Waals surface area contributed by atoms with Gasteiger partial charge in [0.1, 0.15) is 0 Å². The van der Waals surface area contributed by atoms with E-state index in [1.165, 1.54) is 11.8 Å². The lowest BCUT2D eigenvalue weighted by Gasteiger charge is -2.26. The summed E-state index contributed by atoms with van der Waals surface area (Å²) in [5.74, 6) is 0.752. The summed E-state index contributed by atoms with van der Waals surface area (Å²) >= 11 is 1.52. The Morgan fingerprint density at radius 2 is 2.17 bits per heavy atom. The van der Waals surface area contributed by atoms with E-state index in [2.05, 4.69) is 37.7 Å². The van der Waals surface area contributed by atoms with Crippen LogP contribution in [0.2, 0.25) is 0 Å². The first-order valence-electron chi connectivity index (χ1n) is 6.31. The van der Waals surface area contributed by atoms with Gasteiger partial charge in [-0.15, -0.1) is 0 Å². The lowest BCUT2D eigenvalue weighted by molar-refractivity contribution is 0.344. The maximum Gasteiger partial charge on any atom is 0.251 e. The fourth-order valence-corrected chi connectivity index (χ4v) is 2.55. The van der Waals surface area contributed by atoms with E-state index in [0.717, 1.165) is 24.3 Å². The third-order valence-corrected chi connectivity index (χ3v) is 3.78. The number of aromatic nitrogens is 2. The zero-order valence-electron chi connectivity index (χ0n) is 11.6. The standard InChI is InChI=1S/C13H23N3OS/c1-5-6-9-7-11(17)16-12(15-9)18-8-10(14)13(2,3)4/h7,10H,5-6,8,14H2,1-4H3,(H,15,16,17). The monoisotopic (exact) mass is 269 g/mol. The first kappa shape index (κ1) is 15.2. The van der Waals surface area contributed by atoms with Gasteiger partial charge in [0.2, 0.25) is 0 Å². The maximum atomic E-state index is 11.5. The lowest BCUT2D eigenvalue weighted by Crippen LogP contribution is -2.37. The molecule has 1 heterocycles. The van der Waals surface area contributed by atoms with Gasteiger partial charge in [-0.1, -0.05) is 45.9 Å². The van der Waals surface area contributed by atoms with Gasteiger partial charge >= 0.3 is 0 Å². The molecule has 0 aliphatic rings. The van der Waals surface area contributed by atoms with E-state index in [1.807, 2.05) is 0 Å². The summed E-state index contributed by atoms with van der Waals surface area (Å²) in [6.45, 7) is 8.41. The van der Waals surface area contributed by atoms with Gasteiger partial charge in [-0.05, 0) is 11.8 Å². The van der Waals surface area contributed by atoms with E-state index in [1.54, 1.807) is 6.07 Å². The van der Waals surface area contributed by atoms with Crippen LogP contribution in [0.5, 0.6) is 0 Å². The minimum absolute atomic E-state index is 0.0638. The molecule has 0 spiro atoms. The molecule has 4 nitrogen and oxygen atoms in total. The van der Waals surface area contributed by atoms with Crippen LogP contribution in [-0.2, 0) is 6.42 Å². The molecule has 1 aromatic heterocycles. The first-order valence-corrected chi connectivity index (χ1v) is 7.30. The number of nitrogens with two attached hydrogens (primary N) is 1. The van der Waals surface area contributed by atoms with E-state index >= 15 is 0 Å². The molecule has 102 valence electrons. The highest BCUT2D eigenvalue weighted by molar-refractivity contribution is 7.99. The van der Waals surface area contributed by atoms with Gasteiger partial charge in [-0.3, -0.25) is 4.79 Å². The number of hydrogen-bond acceptors (Lipinski definition) is 4. The molecule has 0 saturated heterocycles. The van der Waals surface area contributed by atoms with Gasteiger partial charge in [-0.25, -0.2) is 4.98 Å². The van der Waals surface area contributed by atoms with Crippen molar-refractivity contribution in [2.45, 2.75) is 51.7 Å². The lowest BCUT2D eigenvalue weighted by atomic mass is 9.89. The molecule has 3 N–H and O–H groups in total. The van der Waals surface area contributed by atoms with Crippen LogP contribution in [0.15, 0.2) is 16.0 Å². The second-order valence-corrected chi connectivity index (χ2v) is 6.58. The minimum atomic E-state index is -0.0831. The number of nitrogens with one attached hydrogen (secondary N) is 1. The predicted molar refractivity (Wildman–Crippen MR) is 77.0 cm³/mol. The molecule has 0 amide bonds. The van der Waals surface area contributed by atoms with Gasteiger partial charge in [-0.2, -0.15) is 0 Å². The average Bonchev–Trinajstić information content (AvgIpc) is 2.24. The number of H-pyrrole nitrogens is 1. The Bertz CT molecular complexity index is 437. The fourth-order valence-electron chi connectivity index (χ4n) is 1.35. The van der Waals surface area contributed by atoms with Gasteiger partial charge in [0.25, 0.3) is 5.56 Å². The van der Waals surface area contributed by atoms with Crippen molar-refractivity contribution in [1.29, 1.82) is 0 Å². The van der Waals surface area contributed by atoms with Gasteiger partial charge < -0.3 is 10.7 Å². The zero-order chi connectivity index (χ0) is 13.8. The van der Waals surface area contributed by atoms with Crippen molar-refractivity contribution in [2.75, 3.05) is 5.75 Å². The molecule has 0 bridgehead atoms. The van der Waals surface area contributed by atoms with Crippen molar-refractivity contribution in [3.05, 3.63) is 22.1 Å². The van der Waals surface area contributed by atoms with Gasteiger partial charge in [0, 0.05) is 23.6 Å². The van der Waals surface area contributed by atoms with Crippen LogP contribution in [0.4, 0.5) is 0 Å². The van der Waals surface area contributed by atoms with E-state index in [4.69, 9.17) is 5.73 Å². The van der Waals surface area contributed by atoms with Crippen molar-refractivity contribution >= 4 is 11.8 Å². The molecular formula is C13H23N3OS. The third kappa shape index (κ3) is 4.82. The van der Waals surface area contributed by atoms with Crippen molar-refractivity contribution in [3.63, 3.8) is 0 Å². The summed E-state index contributed by atoms with van der Waals surface area (Å²) in [6.07, 6.45) is 1.82. The molecular weight excluding hydrogens is 246 g/mol. The average molecular weight is 269 g/mol. The third-order valence-electron chi connectivity index (χ3n) is 2.79. The van der Waals surface area contributed by atoms with Crippen LogP contribution < -0.4 is 11.3 Å². The molecule has 5 heteroatoms. The molecule has 1 rings (SSSR count). The molecule has 0 fully saturated rings. The Balaban J connectivity index is 2.70. The Labute approximate surface area is 113 Å². The van der Waals surface area contributed by atoms with Crippen molar-refractivity contribution < 1.29 is 0 Å². The molecule has 1 unspecified atom stereocenters. The summed E-state index contributed by atoms with van der Waals surface area (Å²) in [5, 5.41) is 0.672. The summed E-state index contributed by atoms with van der Waals surface area (Å²) in [7, 11) is 0. The number of aromatic amines is 1. The zero-order valence-corrected chi connectivity index (χ0v) is 12.4. The largest absolute Gasteiger partial charge is 0.326 e. The molecule has 1 atom stereocenters. The number of nitrogens with zero attached hydrogens (tertiary/aromatic N) is 1. The summed E-state index contributed by atoms with van der Waals surface area (Å²) in [6, 6.07) is 1.64. The van der Waals surface area contributed by atoms with Gasteiger partial charge in [0.05, 0.1) is 0 Å². The first-order chi connectivity index (χ1) is 8.32. The molecule has 0 radical (unpaired) electrons. The Morgan fingerprint density at radius 3 is 2.72 bits per heavy atom. The SMILES string of the molecule is CCCc1cc(=O)[nH]c(SCC(N)C(C)(C)C)n1. The second kappa shape index (κ2) is 6.38. The van der Waals surface area contributed by atoms with Crippen molar-refractivity contribution in [2.24, 2.45) is 11.1 Å². The van der Waals surface area contributed by atoms with E-state index in [-0.39, 0.29) is 17.0 Å². The number of rotatable bonds is 5. The Kier molecular flexibility index (Phi) is 5.41. The number of hydrogen-bond donors (Lipinski definition) is 2. The van der Waals surface area contributed by atoms with Crippen LogP contribution in [0.25, 0.3) is 0 Å². The van der Waals surface area contributed by atoms with Crippen molar-refractivity contribution in [3.8, 4) is 0 Å². The van der Waals surface area contributed by atoms with Crippen LogP contribution in [-0.4, -0.2) is 21.8 Å².